The molecule has 0 saturated heterocycles. The second-order valence-electron chi connectivity index (χ2n) is 5.63. The van der Waals surface area contributed by atoms with E-state index in [0.29, 0.717) is 17.8 Å². The lowest BCUT2D eigenvalue weighted by molar-refractivity contribution is -0.384. The fourth-order valence-corrected chi connectivity index (χ4v) is 2.33. The van der Waals surface area contributed by atoms with Crippen molar-refractivity contribution in [3.05, 3.63) is 63.2 Å². The van der Waals surface area contributed by atoms with Crippen LogP contribution >= 0.6 is 0 Å². The van der Waals surface area contributed by atoms with Crippen LogP contribution in [0.2, 0.25) is 0 Å². The first-order chi connectivity index (χ1) is 10.9. The van der Waals surface area contributed by atoms with Crippen LogP contribution in [0.4, 0.5) is 17.1 Å². The topological polar surface area (TPSA) is 78.6 Å². The van der Waals surface area contributed by atoms with Crippen LogP contribution in [0.3, 0.4) is 0 Å². The number of aryl methyl sites for hydroxylation is 1. The van der Waals surface area contributed by atoms with Crippen molar-refractivity contribution in [2.75, 3.05) is 24.3 Å². The Labute approximate surface area is 135 Å². The number of nitro benzene ring substituents is 1. The molecular weight excluding hydrogens is 294 g/mol. The predicted octanol–water partition coefficient (Wildman–Crippen LogP) is 3.07. The van der Waals surface area contributed by atoms with Crippen LogP contribution in [0.1, 0.15) is 16.7 Å². The molecule has 0 atom stereocenters. The molecule has 2 N–H and O–H groups in total. The Morgan fingerprint density at radius 1 is 1.22 bits per heavy atom. The molecule has 122 valence electrons. The lowest BCUT2D eigenvalue weighted by Crippen LogP contribution is -2.10. The van der Waals surface area contributed by atoms with Gasteiger partial charge in [-0.25, -0.2) is 0 Å². The molecule has 0 aromatic heterocycles. The second-order valence-corrected chi connectivity index (χ2v) is 5.63. The van der Waals surface area contributed by atoms with Crippen molar-refractivity contribution in [3.8, 4) is 0 Å². The molecule has 0 aliphatic carbocycles. The molecule has 0 amide bonds. The lowest BCUT2D eigenvalue weighted by atomic mass is 10.1. The van der Waals surface area contributed by atoms with Gasteiger partial charge in [-0.1, -0.05) is 6.07 Å². The maximum absolute atomic E-state index is 11.1. The van der Waals surface area contributed by atoms with Crippen molar-refractivity contribution in [2.24, 2.45) is 0 Å². The van der Waals surface area contributed by atoms with Crippen molar-refractivity contribution in [1.82, 2.24) is 0 Å². The van der Waals surface area contributed by atoms with Gasteiger partial charge >= 0.3 is 0 Å². The minimum atomic E-state index is -0.425. The zero-order valence-electron chi connectivity index (χ0n) is 13.5. The van der Waals surface area contributed by atoms with Crippen molar-refractivity contribution < 1.29 is 10.0 Å². The first-order valence-electron chi connectivity index (χ1n) is 7.31. The average Bonchev–Trinajstić information content (AvgIpc) is 2.53. The van der Waals surface area contributed by atoms with Gasteiger partial charge in [0, 0.05) is 32.4 Å². The van der Waals surface area contributed by atoms with Gasteiger partial charge < -0.3 is 15.3 Å². The summed E-state index contributed by atoms with van der Waals surface area (Å²) < 4.78 is 0. The molecular formula is C17H21N3O3. The van der Waals surface area contributed by atoms with Gasteiger partial charge in [0.25, 0.3) is 5.69 Å². The van der Waals surface area contributed by atoms with Gasteiger partial charge in [-0.3, -0.25) is 10.1 Å². The van der Waals surface area contributed by atoms with Gasteiger partial charge in [-0.15, -0.1) is 0 Å². The van der Waals surface area contributed by atoms with Crippen LogP contribution < -0.4 is 10.2 Å². The maximum Gasteiger partial charge on any atom is 0.292 e. The van der Waals surface area contributed by atoms with Crippen molar-refractivity contribution in [3.63, 3.8) is 0 Å². The molecule has 6 nitrogen and oxygen atoms in total. The summed E-state index contributed by atoms with van der Waals surface area (Å²) in [7, 11) is 3.97. The van der Waals surface area contributed by atoms with Gasteiger partial charge in [0.1, 0.15) is 5.69 Å². The number of nitrogens with zero attached hydrogens (tertiary/aromatic N) is 2. The number of nitrogens with one attached hydrogen (secondary N) is 1. The summed E-state index contributed by atoms with van der Waals surface area (Å²) in [6.45, 7) is 2.35. The summed E-state index contributed by atoms with van der Waals surface area (Å²) in [5.41, 5.74) is 4.35. The molecule has 23 heavy (non-hydrogen) atoms. The van der Waals surface area contributed by atoms with Crippen LogP contribution in [-0.4, -0.2) is 24.1 Å². The van der Waals surface area contributed by atoms with E-state index in [-0.39, 0.29) is 12.3 Å². The molecule has 0 radical (unpaired) electrons. The molecule has 0 unspecified atom stereocenters. The molecule has 0 fully saturated rings. The Hall–Kier alpha value is -2.60. The van der Waals surface area contributed by atoms with E-state index in [0.717, 1.165) is 16.8 Å². The highest BCUT2D eigenvalue weighted by Gasteiger charge is 2.14. The van der Waals surface area contributed by atoms with E-state index < -0.39 is 4.92 Å². The molecule has 0 spiro atoms. The molecule has 0 aliphatic rings. The smallest absolute Gasteiger partial charge is 0.292 e. The number of nitro groups is 1. The number of aliphatic hydroxyl groups excluding tert-OH is 1. The molecule has 2 aromatic rings. The molecule has 6 heteroatoms. The molecule has 2 rings (SSSR count). The summed E-state index contributed by atoms with van der Waals surface area (Å²) >= 11 is 0. The SMILES string of the molecule is Cc1cc(N(C)C)ccc1CNc1cc(CO)ccc1[N+](=O)[O-]. The lowest BCUT2D eigenvalue weighted by Gasteiger charge is -2.16. The molecule has 2 aromatic carbocycles. The number of hydrogen-bond donors (Lipinski definition) is 2. The minimum absolute atomic E-state index is 0.00441. The van der Waals surface area contributed by atoms with Crippen LogP contribution in [0.25, 0.3) is 0 Å². The normalized spacial score (nSPS) is 10.4. The number of anilines is 2. The summed E-state index contributed by atoms with van der Waals surface area (Å²) in [6.07, 6.45) is 0. The van der Waals surface area contributed by atoms with Crippen LogP contribution in [0.5, 0.6) is 0 Å². The van der Waals surface area contributed by atoms with E-state index in [4.69, 9.17) is 0 Å². The minimum Gasteiger partial charge on any atom is -0.392 e. The Morgan fingerprint density at radius 3 is 2.52 bits per heavy atom. The maximum atomic E-state index is 11.1. The van der Waals surface area contributed by atoms with Gasteiger partial charge in [-0.2, -0.15) is 0 Å². The number of rotatable bonds is 6. The third kappa shape index (κ3) is 3.98. The van der Waals surface area contributed by atoms with E-state index in [1.54, 1.807) is 12.1 Å². The molecule has 0 saturated carbocycles. The van der Waals surface area contributed by atoms with E-state index in [9.17, 15) is 15.2 Å². The standard InChI is InChI=1S/C17H21N3O3/c1-12-8-15(19(2)3)6-5-14(12)10-18-16-9-13(11-21)4-7-17(16)20(22)23/h4-9,18,21H,10-11H2,1-3H3. The first kappa shape index (κ1) is 16.8. The fraction of sp³-hybridized carbons (Fsp3) is 0.294. The highest BCUT2D eigenvalue weighted by atomic mass is 16.6. The van der Waals surface area contributed by atoms with Gasteiger partial charge in [0.2, 0.25) is 0 Å². The highest BCUT2D eigenvalue weighted by molar-refractivity contribution is 5.63. The fourth-order valence-electron chi connectivity index (χ4n) is 2.33. The largest absolute Gasteiger partial charge is 0.392 e. The van der Waals surface area contributed by atoms with E-state index >= 15 is 0 Å². The Morgan fingerprint density at radius 2 is 1.96 bits per heavy atom. The number of aliphatic hydroxyl groups is 1. The summed E-state index contributed by atoms with van der Waals surface area (Å²) in [6, 6.07) is 10.7. The van der Waals surface area contributed by atoms with Crippen LogP contribution in [0.15, 0.2) is 36.4 Å². The van der Waals surface area contributed by atoms with Crippen molar-refractivity contribution in [2.45, 2.75) is 20.1 Å². The Kier molecular flexibility index (Phi) is 5.18. The Balaban J connectivity index is 2.22. The quantitative estimate of drug-likeness (QED) is 0.632. The number of hydrogen-bond acceptors (Lipinski definition) is 5. The Bertz CT molecular complexity index is 714. The van der Waals surface area contributed by atoms with E-state index in [1.807, 2.05) is 38.1 Å². The zero-order valence-corrected chi connectivity index (χ0v) is 13.5. The average molecular weight is 315 g/mol. The summed E-state index contributed by atoms with van der Waals surface area (Å²) in [4.78, 5) is 12.7. The van der Waals surface area contributed by atoms with Crippen molar-refractivity contribution >= 4 is 17.1 Å². The first-order valence-corrected chi connectivity index (χ1v) is 7.31. The highest BCUT2D eigenvalue weighted by Crippen LogP contribution is 2.27. The monoisotopic (exact) mass is 315 g/mol. The third-order valence-corrected chi connectivity index (χ3v) is 3.75. The van der Waals surface area contributed by atoms with E-state index in [2.05, 4.69) is 11.4 Å². The van der Waals surface area contributed by atoms with Crippen LogP contribution in [-0.2, 0) is 13.2 Å². The van der Waals surface area contributed by atoms with Crippen molar-refractivity contribution in [1.29, 1.82) is 0 Å². The molecule has 0 heterocycles. The van der Waals surface area contributed by atoms with E-state index in [1.165, 1.54) is 6.07 Å². The molecule has 0 aliphatic heterocycles. The van der Waals surface area contributed by atoms with Crippen LogP contribution in [0, 0.1) is 17.0 Å². The second kappa shape index (κ2) is 7.11. The van der Waals surface area contributed by atoms with Gasteiger partial charge in [0.15, 0.2) is 0 Å². The summed E-state index contributed by atoms with van der Waals surface area (Å²) in [5, 5.41) is 23.4. The molecule has 0 bridgehead atoms. The van der Waals surface area contributed by atoms with Gasteiger partial charge in [-0.05, 0) is 47.9 Å². The third-order valence-electron chi connectivity index (χ3n) is 3.75. The number of benzene rings is 2. The van der Waals surface area contributed by atoms with Gasteiger partial charge in [0.05, 0.1) is 11.5 Å². The predicted molar refractivity (Wildman–Crippen MR) is 91.9 cm³/mol. The zero-order chi connectivity index (χ0) is 17.0. The summed E-state index contributed by atoms with van der Waals surface area (Å²) in [5.74, 6) is 0.